The van der Waals surface area contributed by atoms with Crippen LogP contribution in [0.2, 0.25) is 0 Å². The first kappa shape index (κ1) is 12.5. The van der Waals surface area contributed by atoms with Crippen molar-refractivity contribution in [3.05, 3.63) is 23.9 Å². The normalized spacial score (nSPS) is 19.9. The van der Waals surface area contributed by atoms with Gasteiger partial charge >= 0.3 is 0 Å². The van der Waals surface area contributed by atoms with Crippen LogP contribution in [-0.2, 0) is 0 Å². The largest absolute Gasteiger partial charge is 0.367 e. The number of nitrogens with zero attached hydrogens (tertiary/aromatic N) is 2. The van der Waals surface area contributed by atoms with Crippen molar-refractivity contribution in [1.29, 1.82) is 0 Å². The Bertz CT molecular complexity index is 448. The molecule has 0 atom stereocenters. The average Bonchev–Trinajstić information content (AvgIpc) is 3.24. The number of pyridine rings is 1. The third kappa shape index (κ3) is 3.06. The van der Waals surface area contributed by atoms with Crippen molar-refractivity contribution in [3.63, 3.8) is 0 Å². The Hall–Kier alpha value is -1.58. The maximum absolute atomic E-state index is 12.6. The van der Waals surface area contributed by atoms with E-state index in [1.54, 1.807) is 6.20 Å². The van der Waals surface area contributed by atoms with E-state index < -0.39 is 0 Å². The molecular weight excluding hydrogens is 238 g/mol. The molecule has 1 aliphatic carbocycles. The molecule has 2 heterocycles. The molecule has 4 heteroatoms. The van der Waals surface area contributed by atoms with Crippen LogP contribution < -0.4 is 5.32 Å². The van der Waals surface area contributed by atoms with E-state index in [2.05, 4.69) is 10.3 Å². The number of anilines is 1. The fourth-order valence-corrected chi connectivity index (χ4v) is 2.56. The fraction of sp³-hybridized carbons (Fsp3) is 0.600. The topological polar surface area (TPSA) is 45.2 Å². The van der Waals surface area contributed by atoms with E-state index in [9.17, 15) is 4.79 Å². The Balaban J connectivity index is 1.77. The highest BCUT2D eigenvalue weighted by Crippen LogP contribution is 2.26. The third-order valence-corrected chi connectivity index (χ3v) is 3.85. The van der Waals surface area contributed by atoms with E-state index in [4.69, 9.17) is 0 Å². The van der Waals surface area contributed by atoms with Crippen molar-refractivity contribution in [2.24, 2.45) is 0 Å². The van der Waals surface area contributed by atoms with Gasteiger partial charge < -0.3 is 10.2 Å². The lowest BCUT2D eigenvalue weighted by molar-refractivity contribution is 0.0762. The average molecular weight is 259 g/mol. The number of carbonyl (C=O) groups excluding carboxylic acids is 1. The summed E-state index contributed by atoms with van der Waals surface area (Å²) < 4.78 is 0. The summed E-state index contributed by atoms with van der Waals surface area (Å²) >= 11 is 0. The predicted octanol–water partition coefficient (Wildman–Crippen LogP) is 2.67. The highest BCUT2D eigenvalue weighted by atomic mass is 16.2. The van der Waals surface area contributed by atoms with Gasteiger partial charge in [-0.05, 0) is 37.8 Å². The van der Waals surface area contributed by atoms with Crippen LogP contribution in [0.3, 0.4) is 0 Å². The molecule has 1 N–H and O–H groups in total. The van der Waals surface area contributed by atoms with Gasteiger partial charge in [0.25, 0.3) is 5.91 Å². The van der Waals surface area contributed by atoms with Gasteiger partial charge in [0.05, 0.1) is 5.56 Å². The monoisotopic (exact) mass is 259 g/mol. The summed E-state index contributed by atoms with van der Waals surface area (Å²) in [6.45, 7) is 1.77. The van der Waals surface area contributed by atoms with Gasteiger partial charge in [-0.1, -0.05) is 12.8 Å². The molecule has 0 unspecified atom stereocenters. The Morgan fingerprint density at radius 1 is 1.21 bits per heavy atom. The Labute approximate surface area is 114 Å². The maximum Gasteiger partial charge on any atom is 0.257 e. The summed E-state index contributed by atoms with van der Waals surface area (Å²) in [5, 5.41) is 3.36. The standard InChI is InChI=1S/C15H21N3O/c19-15(18-10-3-1-2-4-11-18)13-6-5-9-16-14(13)17-12-7-8-12/h5-6,9,12H,1-4,7-8,10-11H2,(H,16,17). The number of likely N-dealkylation sites (tertiary alicyclic amines) is 1. The molecule has 2 aliphatic rings. The molecular formula is C15H21N3O. The van der Waals surface area contributed by atoms with Gasteiger partial charge in [-0.2, -0.15) is 0 Å². The van der Waals surface area contributed by atoms with Crippen molar-refractivity contribution >= 4 is 11.7 Å². The summed E-state index contributed by atoms with van der Waals surface area (Å²) in [5.74, 6) is 0.900. The van der Waals surface area contributed by atoms with Gasteiger partial charge in [-0.3, -0.25) is 4.79 Å². The molecule has 1 aromatic rings. The lowest BCUT2D eigenvalue weighted by Crippen LogP contribution is -2.32. The molecule has 1 saturated carbocycles. The zero-order valence-corrected chi connectivity index (χ0v) is 11.3. The molecule has 2 fully saturated rings. The number of hydrogen-bond donors (Lipinski definition) is 1. The van der Waals surface area contributed by atoms with Crippen molar-refractivity contribution < 1.29 is 4.79 Å². The first-order chi connectivity index (χ1) is 9.34. The van der Waals surface area contributed by atoms with Crippen molar-refractivity contribution in [2.75, 3.05) is 18.4 Å². The smallest absolute Gasteiger partial charge is 0.257 e. The molecule has 4 nitrogen and oxygen atoms in total. The van der Waals surface area contributed by atoms with Crippen molar-refractivity contribution in [3.8, 4) is 0 Å². The highest BCUT2D eigenvalue weighted by Gasteiger charge is 2.25. The highest BCUT2D eigenvalue weighted by molar-refractivity contribution is 5.98. The van der Waals surface area contributed by atoms with Crippen LogP contribution >= 0.6 is 0 Å². The van der Waals surface area contributed by atoms with Gasteiger partial charge in [0.1, 0.15) is 5.82 Å². The Morgan fingerprint density at radius 2 is 1.95 bits per heavy atom. The minimum absolute atomic E-state index is 0.137. The molecule has 1 aliphatic heterocycles. The van der Waals surface area contributed by atoms with Gasteiger partial charge in [0, 0.05) is 25.3 Å². The number of hydrogen-bond acceptors (Lipinski definition) is 3. The number of rotatable bonds is 3. The lowest BCUT2D eigenvalue weighted by atomic mass is 10.2. The first-order valence-electron chi connectivity index (χ1n) is 7.35. The lowest BCUT2D eigenvalue weighted by Gasteiger charge is -2.21. The maximum atomic E-state index is 12.6. The van der Waals surface area contributed by atoms with E-state index in [1.807, 2.05) is 17.0 Å². The van der Waals surface area contributed by atoms with E-state index in [-0.39, 0.29) is 5.91 Å². The second-order valence-electron chi connectivity index (χ2n) is 5.52. The van der Waals surface area contributed by atoms with Crippen molar-refractivity contribution in [1.82, 2.24) is 9.88 Å². The molecule has 3 rings (SSSR count). The van der Waals surface area contributed by atoms with Crippen LogP contribution in [-0.4, -0.2) is 34.9 Å². The number of nitrogens with one attached hydrogen (secondary N) is 1. The first-order valence-corrected chi connectivity index (χ1v) is 7.35. The molecule has 0 radical (unpaired) electrons. The summed E-state index contributed by atoms with van der Waals surface area (Å²) in [4.78, 5) is 18.9. The van der Waals surface area contributed by atoms with Crippen molar-refractivity contribution in [2.45, 2.75) is 44.6 Å². The van der Waals surface area contributed by atoms with Crippen LogP contribution in [0.25, 0.3) is 0 Å². The number of amides is 1. The Kier molecular flexibility index (Phi) is 3.67. The van der Waals surface area contributed by atoms with Gasteiger partial charge in [-0.15, -0.1) is 0 Å². The van der Waals surface area contributed by atoms with Crippen LogP contribution in [0.15, 0.2) is 18.3 Å². The zero-order valence-electron chi connectivity index (χ0n) is 11.3. The quantitative estimate of drug-likeness (QED) is 0.907. The Morgan fingerprint density at radius 3 is 2.63 bits per heavy atom. The zero-order chi connectivity index (χ0) is 13.1. The van der Waals surface area contributed by atoms with Crippen LogP contribution in [0.4, 0.5) is 5.82 Å². The van der Waals surface area contributed by atoms with E-state index in [0.29, 0.717) is 6.04 Å². The van der Waals surface area contributed by atoms with E-state index >= 15 is 0 Å². The molecule has 102 valence electrons. The number of aromatic nitrogens is 1. The number of carbonyl (C=O) groups is 1. The van der Waals surface area contributed by atoms with Crippen LogP contribution in [0.5, 0.6) is 0 Å². The minimum Gasteiger partial charge on any atom is -0.367 e. The summed E-state index contributed by atoms with van der Waals surface area (Å²) in [6.07, 6.45) is 8.86. The molecule has 1 saturated heterocycles. The molecule has 19 heavy (non-hydrogen) atoms. The fourth-order valence-electron chi connectivity index (χ4n) is 2.56. The second kappa shape index (κ2) is 5.59. The van der Waals surface area contributed by atoms with E-state index in [1.165, 1.54) is 25.7 Å². The summed E-state index contributed by atoms with van der Waals surface area (Å²) in [5.41, 5.74) is 0.733. The molecule has 1 amide bonds. The SMILES string of the molecule is O=C(c1cccnc1NC1CC1)N1CCCCCC1. The van der Waals surface area contributed by atoms with Gasteiger partial charge in [-0.25, -0.2) is 4.98 Å². The molecule has 0 spiro atoms. The van der Waals surface area contributed by atoms with E-state index in [0.717, 1.165) is 37.3 Å². The molecule has 0 aromatic carbocycles. The summed E-state index contributed by atoms with van der Waals surface area (Å²) in [7, 11) is 0. The van der Waals surface area contributed by atoms with Crippen LogP contribution in [0, 0.1) is 0 Å². The minimum atomic E-state index is 0.137. The third-order valence-electron chi connectivity index (χ3n) is 3.85. The van der Waals surface area contributed by atoms with Gasteiger partial charge in [0.15, 0.2) is 0 Å². The molecule has 1 aromatic heterocycles. The molecule has 0 bridgehead atoms. The van der Waals surface area contributed by atoms with Crippen LogP contribution in [0.1, 0.15) is 48.9 Å². The predicted molar refractivity (Wildman–Crippen MR) is 75.3 cm³/mol. The second-order valence-corrected chi connectivity index (χ2v) is 5.52. The summed E-state index contributed by atoms with van der Waals surface area (Å²) in [6, 6.07) is 4.26. The van der Waals surface area contributed by atoms with Gasteiger partial charge in [0.2, 0.25) is 0 Å².